The summed E-state index contributed by atoms with van der Waals surface area (Å²) in [4.78, 5) is 10.7. The van der Waals surface area contributed by atoms with Crippen LogP contribution in [-0.2, 0) is 0 Å². The molecule has 2 aromatic heterocycles. The Morgan fingerprint density at radius 3 is 3.00 bits per heavy atom. The van der Waals surface area contributed by atoms with Gasteiger partial charge in [0.1, 0.15) is 5.82 Å². The maximum absolute atomic E-state index is 4.51. The first-order valence-electron chi connectivity index (χ1n) is 5.82. The Labute approximate surface area is 115 Å². The summed E-state index contributed by atoms with van der Waals surface area (Å²) in [7, 11) is 1.99. The number of aromatic amines is 1. The second-order valence-electron chi connectivity index (χ2n) is 4.07. The molecule has 0 fully saturated rings. The van der Waals surface area contributed by atoms with Crippen molar-refractivity contribution >= 4 is 34.2 Å². The van der Waals surface area contributed by atoms with E-state index in [-0.39, 0.29) is 0 Å². The molecule has 0 saturated carbocycles. The highest BCUT2D eigenvalue weighted by atomic mass is 32.2. The van der Waals surface area contributed by atoms with Crippen molar-refractivity contribution in [1.29, 1.82) is 0 Å². The summed E-state index contributed by atoms with van der Waals surface area (Å²) in [5, 5.41) is 8.90. The Morgan fingerprint density at radius 2 is 2.16 bits per heavy atom. The third-order valence-electron chi connectivity index (χ3n) is 2.97. The molecule has 19 heavy (non-hydrogen) atoms. The number of thioether (sulfide) groups is 1. The minimum Gasteiger partial charge on any atom is -0.329 e. The molecular formula is C13H13N5S. The van der Waals surface area contributed by atoms with Gasteiger partial charge in [0.25, 0.3) is 0 Å². The molecule has 5 nitrogen and oxygen atoms in total. The Morgan fingerprint density at radius 1 is 1.26 bits per heavy atom. The molecule has 96 valence electrons. The Hall–Kier alpha value is -2.08. The van der Waals surface area contributed by atoms with Crippen LogP contribution in [0.25, 0.3) is 10.9 Å². The molecule has 3 aromatic rings. The Balaban J connectivity index is 2.07. The molecule has 0 spiro atoms. The topological polar surface area (TPSA) is 57.7 Å². The van der Waals surface area contributed by atoms with Crippen molar-refractivity contribution in [3.63, 3.8) is 0 Å². The molecule has 0 aliphatic heterocycles. The molecule has 6 heteroatoms. The average Bonchev–Trinajstić information content (AvgIpc) is 2.95. The molecule has 0 radical (unpaired) electrons. The number of anilines is 2. The molecule has 0 saturated heterocycles. The summed E-state index contributed by atoms with van der Waals surface area (Å²) in [6.07, 6.45) is 5.58. The minimum absolute atomic E-state index is 0.767. The highest BCUT2D eigenvalue weighted by molar-refractivity contribution is 7.98. The summed E-state index contributed by atoms with van der Waals surface area (Å²) in [5.74, 6) is 0.869. The predicted octanol–water partition coefficient (Wildman–Crippen LogP) is 2.84. The molecule has 2 heterocycles. The fourth-order valence-electron chi connectivity index (χ4n) is 1.99. The van der Waals surface area contributed by atoms with E-state index < -0.39 is 0 Å². The van der Waals surface area contributed by atoms with Crippen molar-refractivity contribution < 1.29 is 0 Å². The van der Waals surface area contributed by atoms with E-state index in [1.54, 1.807) is 6.20 Å². The summed E-state index contributed by atoms with van der Waals surface area (Å²) in [5.41, 5.74) is 2.08. The highest BCUT2D eigenvalue weighted by Gasteiger charge is 2.10. The van der Waals surface area contributed by atoms with Crippen LogP contribution in [-0.4, -0.2) is 33.5 Å². The number of hydrogen-bond acceptors (Lipinski definition) is 5. The molecule has 0 amide bonds. The number of nitrogens with zero attached hydrogens (tertiary/aromatic N) is 4. The minimum atomic E-state index is 0.767. The summed E-state index contributed by atoms with van der Waals surface area (Å²) < 4.78 is 0. The quantitative estimate of drug-likeness (QED) is 0.586. The van der Waals surface area contributed by atoms with Crippen molar-refractivity contribution in [2.24, 2.45) is 0 Å². The van der Waals surface area contributed by atoms with Gasteiger partial charge in [0.05, 0.1) is 17.4 Å². The first kappa shape index (κ1) is 12.0. The van der Waals surface area contributed by atoms with Crippen LogP contribution >= 0.6 is 11.8 Å². The molecule has 0 unspecified atom stereocenters. The van der Waals surface area contributed by atoms with Gasteiger partial charge in [-0.05, 0) is 24.5 Å². The number of benzene rings is 1. The summed E-state index contributed by atoms with van der Waals surface area (Å²) >= 11 is 1.53. The van der Waals surface area contributed by atoms with Crippen molar-refractivity contribution in [2.75, 3.05) is 18.2 Å². The van der Waals surface area contributed by atoms with Crippen molar-refractivity contribution in [1.82, 2.24) is 20.2 Å². The number of nitrogens with one attached hydrogen (secondary N) is 1. The third kappa shape index (κ3) is 2.15. The highest BCUT2D eigenvalue weighted by Crippen LogP contribution is 2.29. The van der Waals surface area contributed by atoms with Crippen molar-refractivity contribution in [2.45, 2.75) is 5.16 Å². The lowest BCUT2D eigenvalue weighted by molar-refractivity contribution is 0.947. The van der Waals surface area contributed by atoms with E-state index >= 15 is 0 Å². The lowest BCUT2D eigenvalue weighted by Gasteiger charge is -2.19. The largest absolute Gasteiger partial charge is 0.329 e. The van der Waals surface area contributed by atoms with E-state index in [1.807, 2.05) is 42.6 Å². The van der Waals surface area contributed by atoms with Crippen LogP contribution in [0.2, 0.25) is 0 Å². The van der Waals surface area contributed by atoms with Crippen LogP contribution in [0.1, 0.15) is 0 Å². The Kier molecular flexibility index (Phi) is 3.08. The SMILES string of the molecule is CSc1nccc(N(C)c2cccc3[nH]ncc23)n1. The Bertz CT molecular complexity index is 709. The predicted molar refractivity (Wildman–Crippen MR) is 78.0 cm³/mol. The maximum atomic E-state index is 4.51. The van der Waals surface area contributed by atoms with E-state index in [0.29, 0.717) is 0 Å². The summed E-state index contributed by atoms with van der Waals surface area (Å²) in [6, 6.07) is 7.97. The molecule has 0 aliphatic carbocycles. The lowest BCUT2D eigenvalue weighted by atomic mass is 10.2. The molecule has 3 rings (SSSR count). The number of fused-ring (bicyclic) bond motifs is 1. The zero-order valence-corrected chi connectivity index (χ0v) is 11.5. The van der Waals surface area contributed by atoms with Gasteiger partial charge in [0, 0.05) is 18.6 Å². The summed E-state index contributed by atoms with van der Waals surface area (Å²) in [6.45, 7) is 0. The van der Waals surface area contributed by atoms with E-state index in [2.05, 4.69) is 26.2 Å². The fourth-order valence-corrected chi connectivity index (χ4v) is 2.34. The van der Waals surface area contributed by atoms with E-state index in [9.17, 15) is 0 Å². The van der Waals surface area contributed by atoms with Crippen LogP contribution in [0, 0.1) is 0 Å². The van der Waals surface area contributed by atoms with E-state index in [4.69, 9.17) is 0 Å². The van der Waals surface area contributed by atoms with Crippen LogP contribution in [0.4, 0.5) is 11.5 Å². The molecule has 1 aromatic carbocycles. The van der Waals surface area contributed by atoms with Crippen molar-refractivity contribution in [3.8, 4) is 0 Å². The van der Waals surface area contributed by atoms with Gasteiger partial charge in [-0.3, -0.25) is 5.10 Å². The third-order valence-corrected chi connectivity index (χ3v) is 3.53. The molecule has 1 N–H and O–H groups in total. The van der Waals surface area contributed by atoms with Gasteiger partial charge in [0.15, 0.2) is 5.16 Å². The van der Waals surface area contributed by atoms with E-state index in [1.165, 1.54) is 11.8 Å². The normalized spacial score (nSPS) is 10.8. The number of rotatable bonds is 3. The standard InChI is InChI=1S/C13H13N5S/c1-18(12-6-7-14-13(16-12)19-2)11-5-3-4-10-9(11)8-15-17-10/h3-8H,1-2H3,(H,15,17). The zero-order valence-electron chi connectivity index (χ0n) is 10.7. The molecule has 0 aliphatic rings. The first-order valence-corrected chi connectivity index (χ1v) is 7.05. The number of hydrogen-bond donors (Lipinski definition) is 1. The van der Waals surface area contributed by atoms with Gasteiger partial charge in [-0.25, -0.2) is 9.97 Å². The second kappa shape index (κ2) is 4.89. The number of aromatic nitrogens is 4. The lowest BCUT2D eigenvalue weighted by Crippen LogP contribution is -2.11. The van der Waals surface area contributed by atoms with E-state index in [0.717, 1.165) is 27.6 Å². The van der Waals surface area contributed by atoms with Gasteiger partial charge in [-0.2, -0.15) is 5.10 Å². The monoisotopic (exact) mass is 271 g/mol. The van der Waals surface area contributed by atoms with Gasteiger partial charge in [-0.1, -0.05) is 17.8 Å². The average molecular weight is 271 g/mol. The van der Waals surface area contributed by atoms with Crippen LogP contribution in [0.3, 0.4) is 0 Å². The number of H-pyrrole nitrogens is 1. The smallest absolute Gasteiger partial charge is 0.189 e. The van der Waals surface area contributed by atoms with Gasteiger partial charge >= 0.3 is 0 Å². The van der Waals surface area contributed by atoms with Crippen LogP contribution in [0.15, 0.2) is 41.8 Å². The molecule has 0 atom stereocenters. The fraction of sp³-hybridized carbons (Fsp3) is 0.154. The van der Waals surface area contributed by atoms with Gasteiger partial charge in [-0.15, -0.1) is 0 Å². The van der Waals surface area contributed by atoms with Crippen LogP contribution in [0.5, 0.6) is 0 Å². The second-order valence-corrected chi connectivity index (χ2v) is 4.84. The van der Waals surface area contributed by atoms with Crippen LogP contribution < -0.4 is 4.90 Å². The molecular weight excluding hydrogens is 258 g/mol. The van der Waals surface area contributed by atoms with Gasteiger partial charge < -0.3 is 4.90 Å². The van der Waals surface area contributed by atoms with Gasteiger partial charge in [0.2, 0.25) is 0 Å². The maximum Gasteiger partial charge on any atom is 0.189 e. The van der Waals surface area contributed by atoms with Crippen molar-refractivity contribution in [3.05, 3.63) is 36.7 Å². The zero-order chi connectivity index (χ0) is 13.2. The molecule has 0 bridgehead atoms. The first-order chi connectivity index (χ1) is 9.29.